The van der Waals surface area contributed by atoms with Crippen LogP contribution in [0.2, 0.25) is 0 Å². The molecule has 0 aliphatic heterocycles. The van der Waals surface area contributed by atoms with Crippen LogP contribution in [0.3, 0.4) is 0 Å². The Labute approximate surface area is 209 Å². The molecular formula is C26H28N2O5S2. The molecule has 0 aliphatic carbocycles. The SMILES string of the molecule is CC(C)Cn1c(=O)n(C)c(=O)c2c(S(=O)CCCC(=O)O)c(Cc3cccc4ccccc34)sc21. The van der Waals surface area contributed by atoms with E-state index < -0.39 is 28.0 Å². The molecule has 0 saturated carbocycles. The van der Waals surface area contributed by atoms with Crippen LogP contribution in [0.4, 0.5) is 0 Å². The fourth-order valence-electron chi connectivity index (χ4n) is 4.31. The molecule has 0 aliphatic rings. The van der Waals surface area contributed by atoms with Gasteiger partial charge in [-0.15, -0.1) is 11.3 Å². The molecule has 0 fully saturated rings. The van der Waals surface area contributed by atoms with Crippen molar-refractivity contribution < 1.29 is 14.1 Å². The first-order valence-corrected chi connectivity index (χ1v) is 13.6. The lowest BCUT2D eigenvalue weighted by molar-refractivity contribution is -0.137. The Morgan fingerprint density at radius 3 is 2.54 bits per heavy atom. The zero-order valence-electron chi connectivity index (χ0n) is 19.9. The molecule has 0 saturated heterocycles. The molecule has 0 amide bonds. The lowest BCUT2D eigenvalue weighted by atomic mass is 10.0. The van der Waals surface area contributed by atoms with Crippen molar-refractivity contribution >= 4 is 49.1 Å². The van der Waals surface area contributed by atoms with Crippen LogP contribution >= 0.6 is 11.3 Å². The van der Waals surface area contributed by atoms with Crippen LogP contribution in [0.5, 0.6) is 0 Å². The van der Waals surface area contributed by atoms with Gasteiger partial charge in [0.05, 0.1) is 21.1 Å². The number of carbonyl (C=O) groups is 1. The van der Waals surface area contributed by atoms with Gasteiger partial charge >= 0.3 is 11.7 Å². The van der Waals surface area contributed by atoms with Crippen LogP contribution in [0.1, 0.15) is 37.1 Å². The van der Waals surface area contributed by atoms with E-state index in [2.05, 4.69) is 0 Å². The van der Waals surface area contributed by atoms with Crippen molar-refractivity contribution in [2.24, 2.45) is 13.0 Å². The first-order chi connectivity index (χ1) is 16.7. The van der Waals surface area contributed by atoms with E-state index in [-0.39, 0.29) is 24.5 Å². The smallest absolute Gasteiger partial charge is 0.331 e. The van der Waals surface area contributed by atoms with Crippen LogP contribution in [0.15, 0.2) is 56.9 Å². The molecule has 2 heterocycles. The van der Waals surface area contributed by atoms with Gasteiger partial charge in [-0.25, -0.2) is 4.79 Å². The third-order valence-corrected chi connectivity index (χ3v) is 8.83. The number of fused-ring (bicyclic) bond motifs is 2. The Balaban J connectivity index is 1.95. The minimum Gasteiger partial charge on any atom is -0.481 e. The predicted octanol–water partition coefficient (Wildman–Crippen LogP) is 4.13. The van der Waals surface area contributed by atoms with Crippen molar-refractivity contribution in [1.82, 2.24) is 9.13 Å². The van der Waals surface area contributed by atoms with Gasteiger partial charge in [0.25, 0.3) is 5.56 Å². The minimum atomic E-state index is -1.59. The summed E-state index contributed by atoms with van der Waals surface area (Å²) >= 11 is 1.34. The summed E-state index contributed by atoms with van der Waals surface area (Å²) in [6.07, 6.45) is 0.598. The summed E-state index contributed by atoms with van der Waals surface area (Å²) in [7, 11) is -0.145. The van der Waals surface area contributed by atoms with Crippen LogP contribution in [-0.2, 0) is 35.6 Å². The standard InChI is InChI=1S/C26H28N2O5S2/c1-16(2)15-28-25-22(24(31)27(3)26(28)32)23(35(33)13-7-12-21(29)30)20(34-25)14-18-10-6-9-17-8-4-5-11-19(17)18/h4-6,8-11,16H,7,12-15H2,1-3H3,(H,29,30). The quantitative estimate of drug-likeness (QED) is 0.364. The molecule has 4 rings (SSSR count). The highest BCUT2D eigenvalue weighted by Gasteiger charge is 2.25. The van der Waals surface area contributed by atoms with E-state index in [9.17, 15) is 18.6 Å². The molecule has 1 N–H and O–H groups in total. The van der Waals surface area contributed by atoms with Crippen LogP contribution in [0, 0.1) is 5.92 Å². The normalized spacial score (nSPS) is 12.6. The number of aliphatic carboxylic acids is 1. The van der Waals surface area contributed by atoms with E-state index in [0.29, 0.717) is 28.1 Å². The van der Waals surface area contributed by atoms with Crippen LogP contribution < -0.4 is 11.2 Å². The molecule has 0 bridgehead atoms. The van der Waals surface area contributed by atoms with Gasteiger partial charge in [0.1, 0.15) is 4.83 Å². The maximum Gasteiger partial charge on any atom is 0.331 e. The fraction of sp³-hybridized carbons (Fsp3) is 0.346. The van der Waals surface area contributed by atoms with Crippen molar-refractivity contribution in [1.29, 1.82) is 0 Å². The zero-order chi connectivity index (χ0) is 25.3. The van der Waals surface area contributed by atoms with Crippen molar-refractivity contribution in [2.45, 2.75) is 44.6 Å². The van der Waals surface area contributed by atoms with Gasteiger partial charge in [0, 0.05) is 37.1 Å². The van der Waals surface area contributed by atoms with E-state index >= 15 is 0 Å². The highest BCUT2D eigenvalue weighted by Crippen LogP contribution is 2.35. The highest BCUT2D eigenvalue weighted by molar-refractivity contribution is 7.85. The van der Waals surface area contributed by atoms with Gasteiger partial charge in [-0.05, 0) is 28.7 Å². The summed E-state index contributed by atoms with van der Waals surface area (Å²) in [4.78, 5) is 39.0. The van der Waals surface area contributed by atoms with Gasteiger partial charge < -0.3 is 5.11 Å². The van der Waals surface area contributed by atoms with E-state index in [1.54, 1.807) is 4.57 Å². The largest absolute Gasteiger partial charge is 0.481 e. The summed E-state index contributed by atoms with van der Waals surface area (Å²) in [6.45, 7) is 4.43. The van der Waals surface area contributed by atoms with Gasteiger partial charge in [-0.1, -0.05) is 56.3 Å². The summed E-state index contributed by atoms with van der Waals surface area (Å²) in [6, 6.07) is 14.0. The van der Waals surface area contributed by atoms with Gasteiger partial charge in [-0.3, -0.25) is 22.9 Å². The average Bonchev–Trinajstić information content (AvgIpc) is 3.19. The Kier molecular flexibility index (Phi) is 7.37. The number of carboxylic acids is 1. The van der Waals surface area contributed by atoms with Crippen LogP contribution in [-0.4, -0.2) is 30.2 Å². The van der Waals surface area contributed by atoms with E-state index in [1.165, 1.54) is 18.4 Å². The first-order valence-electron chi connectivity index (χ1n) is 11.5. The second-order valence-electron chi connectivity index (χ2n) is 9.05. The molecule has 1 unspecified atom stereocenters. The lowest BCUT2D eigenvalue weighted by Crippen LogP contribution is -2.38. The highest BCUT2D eigenvalue weighted by atomic mass is 32.2. The number of aromatic nitrogens is 2. The maximum absolute atomic E-state index is 13.5. The number of benzene rings is 2. The zero-order valence-corrected chi connectivity index (χ0v) is 21.6. The van der Waals surface area contributed by atoms with E-state index in [1.807, 2.05) is 56.3 Å². The molecule has 1 atom stereocenters. The Morgan fingerprint density at radius 1 is 1.11 bits per heavy atom. The van der Waals surface area contributed by atoms with Crippen molar-refractivity contribution in [2.75, 3.05) is 5.75 Å². The van der Waals surface area contributed by atoms with Crippen molar-refractivity contribution in [3.8, 4) is 0 Å². The minimum absolute atomic E-state index is 0.0947. The molecule has 4 aromatic rings. The number of hydrogen-bond acceptors (Lipinski definition) is 5. The molecule has 0 spiro atoms. The first kappa shape index (κ1) is 25.1. The Bertz CT molecular complexity index is 1560. The molecule has 7 nitrogen and oxygen atoms in total. The number of carboxylic acid groups (broad SMARTS) is 1. The predicted molar refractivity (Wildman–Crippen MR) is 141 cm³/mol. The van der Waals surface area contributed by atoms with E-state index in [0.717, 1.165) is 25.8 Å². The summed E-state index contributed by atoms with van der Waals surface area (Å²) < 4.78 is 16.2. The van der Waals surface area contributed by atoms with Gasteiger partial charge in [0.2, 0.25) is 0 Å². The number of nitrogens with zero attached hydrogens (tertiary/aromatic N) is 2. The molecule has 2 aromatic carbocycles. The Hall–Kier alpha value is -3.04. The average molecular weight is 513 g/mol. The summed E-state index contributed by atoms with van der Waals surface area (Å²) in [5.74, 6) is -0.649. The summed E-state index contributed by atoms with van der Waals surface area (Å²) in [5.41, 5.74) is 0.178. The van der Waals surface area contributed by atoms with Gasteiger partial charge in [0.15, 0.2) is 0 Å². The van der Waals surface area contributed by atoms with Crippen molar-refractivity contribution in [3.05, 3.63) is 73.7 Å². The second kappa shape index (κ2) is 10.3. The fourth-order valence-corrected chi connectivity index (χ4v) is 7.34. The maximum atomic E-state index is 13.5. The topological polar surface area (TPSA) is 98.4 Å². The molecule has 2 aromatic heterocycles. The Morgan fingerprint density at radius 2 is 1.83 bits per heavy atom. The molecule has 9 heteroatoms. The monoisotopic (exact) mass is 512 g/mol. The number of rotatable bonds is 9. The number of thiophene rings is 1. The third-order valence-electron chi connectivity index (χ3n) is 5.92. The van der Waals surface area contributed by atoms with Gasteiger partial charge in [-0.2, -0.15) is 0 Å². The molecular weight excluding hydrogens is 484 g/mol. The lowest BCUT2D eigenvalue weighted by Gasteiger charge is -2.12. The van der Waals surface area contributed by atoms with E-state index in [4.69, 9.17) is 5.11 Å². The summed E-state index contributed by atoms with van der Waals surface area (Å²) in [5, 5.41) is 11.5. The molecule has 184 valence electrons. The molecule has 0 radical (unpaired) electrons. The number of hydrogen-bond donors (Lipinski definition) is 1. The second-order valence-corrected chi connectivity index (χ2v) is 11.6. The van der Waals surface area contributed by atoms with Crippen molar-refractivity contribution in [3.63, 3.8) is 0 Å². The van der Waals surface area contributed by atoms with Crippen LogP contribution in [0.25, 0.3) is 21.0 Å². The third kappa shape index (κ3) is 5.01. The molecule has 35 heavy (non-hydrogen) atoms.